The van der Waals surface area contributed by atoms with Gasteiger partial charge in [0.15, 0.2) is 5.16 Å². The van der Waals surface area contributed by atoms with Gasteiger partial charge in [0, 0.05) is 30.7 Å². The normalized spacial score (nSPS) is 11.8. The van der Waals surface area contributed by atoms with Crippen molar-refractivity contribution in [3.8, 4) is 0 Å². The third-order valence-electron chi connectivity index (χ3n) is 2.58. The van der Waals surface area contributed by atoms with Gasteiger partial charge in [-0.1, -0.05) is 6.07 Å². The number of hydrogen-bond acceptors (Lipinski definition) is 4. The van der Waals surface area contributed by atoms with Crippen molar-refractivity contribution in [2.45, 2.75) is 50.0 Å². The summed E-state index contributed by atoms with van der Waals surface area (Å²) in [6.07, 6.45) is 5.50. The monoisotopic (exact) mass is 276 g/mol. The lowest BCUT2D eigenvalue weighted by atomic mass is 10.1. The summed E-state index contributed by atoms with van der Waals surface area (Å²) in [5.74, 6) is 0. The minimum Gasteiger partial charge on any atom is -0.339 e. The fourth-order valence-electron chi connectivity index (χ4n) is 1.59. The molecule has 0 atom stereocenters. The van der Waals surface area contributed by atoms with Crippen molar-refractivity contribution in [2.75, 3.05) is 0 Å². The van der Waals surface area contributed by atoms with Crippen LogP contribution in [0.25, 0.3) is 0 Å². The molecule has 0 saturated heterocycles. The molecule has 5 heteroatoms. The standard InChI is InChI=1S/C14H20N4S/c1-10-7-11(9-18-14(2,3)4)8-17-12(10)19-13-15-5-6-16-13/h5-8,18H,9H2,1-4H3,(H,15,16). The first kappa shape index (κ1) is 14.1. The summed E-state index contributed by atoms with van der Waals surface area (Å²) in [7, 11) is 0. The van der Waals surface area contributed by atoms with Crippen molar-refractivity contribution >= 4 is 11.8 Å². The smallest absolute Gasteiger partial charge is 0.171 e. The summed E-state index contributed by atoms with van der Waals surface area (Å²) in [6, 6.07) is 2.18. The Hall–Kier alpha value is -1.33. The highest BCUT2D eigenvalue weighted by molar-refractivity contribution is 7.99. The van der Waals surface area contributed by atoms with Gasteiger partial charge in [0.05, 0.1) is 0 Å². The zero-order valence-corrected chi connectivity index (χ0v) is 12.6. The van der Waals surface area contributed by atoms with Crippen LogP contribution in [0, 0.1) is 6.92 Å². The third kappa shape index (κ3) is 4.36. The molecule has 102 valence electrons. The van der Waals surface area contributed by atoms with Crippen LogP contribution in [-0.4, -0.2) is 20.5 Å². The average molecular weight is 276 g/mol. The Bertz CT molecular complexity index is 529. The summed E-state index contributed by atoms with van der Waals surface area (Å²) in [5.41, 5.74) is 2.50. The van der Waals surface area contributed by atoms with E-state index in [9.17, 15) is 0 Å². The van der Waals surface area contributed by atoms with Crippen molar-refractivity contribution in [3.05, 3.63) is 35.8 Å². The average Bonchev–Trinajstić information content (AvgIpc) is 2.81. The molecule has 0 fully saturated rings. The molecule has 2 rings (SSSR count). The molecule has 0 radical (unpaired) electrons. The fraction of sp³-hybridized carbons (Fsp3) is 0.429. The van der Waals surface area contributed by atoms with Crippen LogP contribution in [-0.2, 0) is 6.54 Å². The second kappa shape index (κ2) is 5.75. The number of rotatable bonds is 4. The number of aryl methyl sites for hydroxylation is 1. The molecular weight excluding hydrogens is 256 g/mol. The van der Waals surface area contributed by atoms with Crippen molar-refractivity contribution in [2.24, 2.45) is 0 Å². The fourth-order valence-corrected chi connectivity index (χ4v) is 2.34. The quantitative estimate of drug-likeness (QED) is 0.900. The number of nitrogens with one attached hydrogen (secondary N) is 2. The van der Waals surface area contributed by atoms with Gasteiger partial charge in [0.2, 0.25) is 0 Å². The van der Waals surface area contributed by atoms with E-state index in [0.29, 0.717) is 0 Å². The lowest BCUT2D eigenvalue weighted by Crippen LogP contribution is -2.35. The van der Waals surface area contributed by atoms with E-state index in [1.54, 1.807) is 18.0 Å². The van der Waals surface area contributed by atoms with Gasteiger partial charge >= 0.3 is 0 Å². The highest BCUT2D eigenvalue weighted by atomic mass is 32.2. The molecule has 19 heavy (non-hydrogen) atoms. The van der Waals surface area contributed by atoms with Crippen molar-refractivity contribution in [1.29, 1.82) is 0 Å². The Morgan fingerprint density at radius 1 is 1.32 bits per heavy atom. The number of H-pyrrole nitrogens is 1. The van der Waals surface area contributed by atoms with E-state index in [-0.39, 0.29) is 5.54 Å². The Morgan fingerprint density at radius 2 is 2.11 bits per heavy atom. The van der Waals surface area contributed by atoms with E-state index in [1.807, 2.05) is 12.4 Å². The predicted octanol–water partition coefficient (Wildman–Crippen LogP) is 3.15. The lowest BCUT2D eigenvalue weighted by Gasteiger charge is -2.20. The minimum atomic E-state index is 0.121. The number of pyridine rings is 1. The van der Waals surface area contributed by atoms with Gasteiger partial charge in [-0.3, -0.25) is 0 Å². The third-order valence-corrected chi connectivity index (χ3v) is 3.61. The molecule has 2 N–H and O–H groups in total. The highest BCUT2D eigenvalue weighted by Gasteiger charge is 2.10. The summed E-state index contributed by atoms with van der Waals surface area (Å²) in [6.45, 7) is 9.40. The van der Waals surface area contributed by atoms with Crippen LogP contribution < -0.4 is 5.32 Å². The first-order valence-corrected chi connectivity index (χ1v) is 7.13. The van der Waals surface area contributed by atoms with Crippen LogP contribution in [0.2, 0.25) is 0 Å². The SMILES string of the molecule is Cc1cc(CNC(C)(C)C)cnc1Sc1ncc[nH]1. The second-order valence-corrected chi connectivity index (χ2v) is 6.54. The largest absolute Gasteiger partial charge is 0.339 e. The van der Waals surface area contributed by atoms with Crippen molar-refractivity contribution in [1.82, 2.24) is 20.3 Å². The van der Waals surface area contributed by atoms with E-state index in [1.165, 1.54) is 11.1 Å². The number of hydrogen-bond donors (Lipinski definition) is 2. The van der Waals surface area contributed by atoms with Crippen LogP contribution in [0.4, 0.5) is 0 Å². The maximum Gasteiger partial charge on any atom is 0.171 e. The van der Waals surface area contributed by atoms with Gasteiger partial charge in [0.25, 0.3) is 0 Å². The molecule has 2 aromatic rings. The molecule has 0 unspecified atom stereocenters. The molecule has 4 nitrogen and oxygen atoms in total. The molecule has 0 bridgehead atoms. The zero-order valence-electron chi connectivity index (χ0n) is 11.8. The molecule has 2 heterocycles. The van der Waals surface area contributed by atoms with Crippen LogP contribution in [0.1, 0.15) is 31.9 Å². The lowest BCUT2D eigenvalue weighted by molar-refractivity contribution is 0.424. The van der Waals surface area contributed by atoms with Crippen LogP contribution in [0.5, 0.6) is 0 Å². The number of aromatic amines is 1. The summed E-state index contributed by atoms with van der Waals surface area (Å²) in [5, 5.41) is 5.33. The van der Waals surface area contributed by atoms with Gasteiger partial charge in [-0.2, -0.15) is 0 Å². The molecular formula is C14H20N4S. The van der Waals surface area contributed by atoms with Crippen molar-refractivity contribution in [3.63, 3.8) is 0 Å². The van der Waals surface area contributed by atoms with E-state index in [0.717, 1.165) is 16.7 Å². The van der Waals surface area contributed by atoms with Crippen LogP contribution in [0.3, 0.4) is 0 Å². The van der Waals surface area contributed by atoms with Gasteiger partial charge in [-0.15, -0.1) is 0 Å². The topological polar surface area (TPSA) is 53.6 Å². The van der Waals surface area contributed by atoms with E-state index < -0.39 is 0 Å². The summed E-state index contributed by atoms with van der Waals surface area (Å²) in [4.78, 5) is 11.8. The molecule has 0 saturated carbocycles. The van der Waals surface area contributed by atoms with E-state index in [2.05, 4.69) is 54.0 Å². The summed E-state index contributed by atoms with van der Waals surface area (Å²) >= 11 is 1.56. The Morgan fingerprint density at radius 3 is 2.68 bits per heavy atom. The maximum atomic E-state index is 4.52. The molecule has 0 aromatic carbocycles. The maximum absolute atomic E-state index is 4.52. The van der Waals surface area contributed by atoms with Gasteiger partial charge < -0.3 is 10.3 Å². The van der Waals surface area contributed by atoms with E-state index >= 15 is 0 Å². The minimum absolute atomic E-state index is 0.121. The number of nitrogens with zero attached hydrogens (tertiary/aromatic N) is 2. The molecule has 0 amide bonds. The molecule has 0 aliphatic rings. The first-order valence-electron chi connectivity index (χ1n) is 6.32. The molecule has 0 aliphatic carbocycles. The predicted molar refractivity (Wildman–Crippen MR) is 78.3 cm³/mol. The van der Waals surface area contributed by atoms with Crippen LogP contribution in [0.15, 0.2) is 34.8 Å². The molecule has 0 aliphatic heterocycles. The number of imidazole rings is 1. The Kier molecular flexibility index (Phi) is 4.27. The number of aromatic nitrogens is 3. The molecule has 0 spiro atoms. The van der Waals surface area contributed by atoms with Crippen molar-refractivity contribution < 1.29 is 0 Å². The second-order valence-electron chi connectivity index (χ2n) is 5.57. The Balaban J connectivity index is 2.05. The van der Waals surface area contributed by atoms with Crippen LogP contribution >= 0.6 is 11.8 Å². The first-order chi connectivity index (χ1) is 8.94. The summed E-state index contributed by atoms with van der Waals surface area (Å²) < 4.78 is 0. The van der Waals surface area contributed by atoms with Gasteiger partial charge in [0.1, 0.15) is 5.03 Å². The highest BCUT2D eigenvalue weighted by Crippen LogP contribution is 2.25. The van der Waals surface area contributed by atoms with Gasteiger partial charge in [-0.25, -0.2) is 9.97 Å². The van der Waals surface area contributed by atoms with Gasteiger partial charge in [-0.05, 0) is 50.6 Å². The van der Waals surface area contributed by atoms with E-state index in [4.69, 9.17) is 0 Å². The Labute approximate surface area is 118 Å². The zero-order chi connectivity index (χ0) is 13.9. The molecule has 2 aromatic heterocycles.